The first-order chi connectivity index (χ1) is 4.66. The van der Waals surface area contributed by atoms with E-state index < -0.39 is 5.54 Å². The maximum Gasteiger partial charge on any atom is 0.0785 e. The highest BCUT2D eigenvalue weighted by Gasteiger charge is 2.24. The van der Waals surface area contributed by atoms with Crippen LogP contribution in [0.5, 0.6) is 0 Å². The molecule has 0 saturated heterocycles. The minimum absolute atomic E-state index is 0.173. The molecule has 0 bridgehead atoms. The van der Waals surface area contributed by atoms with Crippen LogP contribution in [0.1, 0.15) is 6.42 Å². The Hall–Kier alpha value is -0.310. The summed E-state index contributed by atoms with van der Waals surface area (Å²) in [5.41, 5.74) is 6.65. The number of rotatable bonds is 1. The Labute approximate surface area is 65.0 Å². The minimum Gasteiger partial charge on any atom is -0.394 e. The Kier molecular flexibility index (Phi) is 2.14. The van der Waals surface area contributed by atoms with Gasteiger partial charge in [-0.25, -0.2) is 5.73 Å². The van der Waals surface area contributed by atoms with Crippen molar-refractivity contribution in [1.29, 1.82) is 0 Å². The molecule has 3 heteroatoms. The molecule has 2 nitrogen and oxygen atoms in total. The van der Waals surface area contributed by atoms with E-state index in [1.807, 2.05) is 0 Å². The molecule has 0 amide bonds. The molecule has 0 aromatic rings. The van der Waals surface area contributed by atoms with Crippen LogP contribution in [0.3, 0.4) is 0 Å². The molecule has 2 N–H and O–H groups in total. The molecule has 1 radical (unpaired) electrons. The Bertz CT molecular complexity index is 188. The summed E-state index contributed by atoms with van der Waals surface area (Å²) in [7, 11) is 0. The van der Waals surface area contributed by atoms with Crippen molar-refractivity contribution in [2.45, 2.75) is 12.0 Å². The van der Waals surface area contributed by atoms with Crippen molar-refractivity contribution in [3.8, 4) is 0 Å². The lowest BCUT2D eigenvalue weighted by molar-refractivity contribution is 0.222. The van der Waals surface area contributed by atoms with Gasteiger partial charge in [-0.05, 0) is 6.08 Å². The van der Waals surface area contributed by atoms with E-state index in [2.05, 4.69) is 0 Å². The van der Waals surface area contributed by atoms with Crippen LogP contribution in [0.4, 0.5) is 0 Å². The Morgan fingerprint density at radius 3 is 2.90 bits per heavy atom. The smallest absolute Gasteiger partial charge is 0.0785 e. The van der Waals surface area contributed by atoms with Gasteiger partial charge in [0.05, 0.1) is 12.1 Å². The van der Waals surface area contributed by atoms with Crippen molar-refractivity contribution in [3.05, 3.63) is 23.3 Å². The minimum atomic E-state index is -0.883. The summed E-state index contributed by atoms with van der Waals surface area (Å²) in [6.45, 7) is -0.173. The van der Waals surface area contributed by atoms with Gasteiger partial charge in [0.25, 0.3) is 0 Å². The highest BCUT2D eigenvalue weighted by molar-refractivity contribution is 6.29. The van der Waals surface area contributed by atoms with Gasteiger partial charge in [0, 0.05) is 11.5 Å². The van der Waals surface area contributed by atoms with E-state index in [0.29, 0.717) is 11.5 Å². The van der Waals surface area contributed by atoms with Crippen LogP contribution in [-0.4, -0.2) is 17.3 Å². The number of aliphatic hydroxyl groups is 1. The molecular formula is C7H9ClNO. The third kappa shape index (κ3) is 1.59. The first kappa shape index (κ1) is 7.79. The lowest BCUT2D eigenvalue weighted by Gasteiger charge is -2.23. The monoisotopic (exact) mass is 158 g/mol. The predicted octanol–water partition coefficient (Wildman–Crippen LogP) is 1.08. The first-order valence-electron chi connectivity index (χ1n) is 3.06. The molecule has 0 aromatic carbocycles. The zero-order valence-electron chi connectivity index (χ0n) is 5.47. The van der Waals surface area contributed by atoms with E-state index >= 15 is 0 Å². The zero-order valence-corrected chi connectivity index (χ0v) is 6.23. The molecule has 1 aliphatic carbocycles. The second kappa shape index (κ2) is 2.74. The van der Waals surface area contributed by atoms with Crippen molar-refractivity contribution < 1.29 is 5.11 Å². The number of hydrogen-bond acceptors (Lipinski definition) is 1. The van der Waals surface area contributed by atoms with E-state index in [9.17, 15) is 0 Å². The second-order valence-electron chi connectivity index (χ2n) is 2.46. The summed E-state index contributed by atoms with van der Waals surface area (Å²) in [6.07, 6.45) is 5.51. The molecule has 1 rings (SSSR count). The number of nitrogens with one attached hydrogen (secondary N) is 1. The Morgan fingerprint density at radius 2 is 2.50 bits per heavy atom. The quantitative estimate of drug-likeness (QED) is 0.610. The molecule has 1 aliphatic rings. The molecule has 0 fully saturated rings. The van der Waals surface area contributed by atoms with Crippen molar-refractivity contribution in [2.75, 3.05) is 6.61 Å². The average molecular weight is 159 g/mol. The summed E-state index contributed by atoms with van der Waals surface area (Å²) < 4.78 is 0. The molecule has 0 aromatic heterocycles. The van der Waals surface area contributed by atoms with Crippen LogP contribution in [-0.2, 0) is 0 Å². The lowest BCUT2D eigenvalue weighted by atomic mass is 9.93. The second-order valence-corrected chi connectivity index (χ2v) is 2.95. The van der Waals surface area contributed by atoms with Gasteiger partial charge in [-0.1, -0.05) is 23.8 Å². The summed E-state index contributed by atoms with van der Waals surface area (Å²) in [5, 5.41) is 9.37. The summed E-state index contributed by atoms with van der Waals surface area (Å²) >= 11 is 5.66. The highest BCUT2D eigenvalue weighted by Crippen LogP contribution is 2.23. The average Bonchev–Trinajstić information content (AvgIpc) is 1.88. The fourth-order valence-electron chi connectivity index (χ4n) is 0.865. The molecule has 0 aliphatic heterocycles. The molecule has 0 unspecified atom stereocenters. The van der Waals surface area contributed by atoms with E-state index in [-0.39, 0.29) is 6.61 Å². The van der Waals surface area contributed by atoms with Gasteiger partial charge in [-0.3, -0.25) is 0 Å². The van der Waals surface area contributed by atoms with E-state index in [1.165, 1.54) is 0 Å². The van der Waals surface area contributed by atoms with Crippen molar-refractivity contribution >= 4 is 11.6 Å². The van der Waals surface area contributed by atoms with E-state index in [4.69, 9.17) is 22.4 Å². The van der Waals surface area contributed by atoms with Crippen LogP contribution >= 0.6 is 11.6 Å². The number of halogens is 1. The Balaban J connectivity index is 2.71. The van der Waals surface area contributed by atoms with E-state index in [0.717, 1.165) is 0 Å². The topological polar surface area (TPSA) is 44.0 Å². The molecular weight excluding hydrogens is 150 g/mol. The van der Waals surface area contributed by atoms with Gasteiger partial charge >= 0.3 is 0 Å². The van der Waals surface area contributed by atoms with Crippen LogP contribution in [0, 0.1) is 0 Å². The molecule has 0 saturated carbocycles. The summed E-state index contributed by atoms with van der Waals surface area (Å²) in [4.78, 5) is 0. The number of aliphatic hydroxyl groups excluding tert-OH is 1. The maximum absolute atomic E-state index is 8.74. The van der Waals surface area contributed by atoms with Crippen LogP contribution in [0.15, 0.2) is 23.3 Å². The van der Waals surface area contributed by atoms with Gasteiger partial charge in [0.1, 0.15) is 0 Å². The predicted molar refractivity (Wildman–Crippen MR) is 40.6 cm³/mol. The fraction of sp³-hybridized carbons (Fsp3) is 0.429. The molecule has 10 heavy (non-hydrogen) atoms. The van der Waals surface area contributed by atoms with Crippen molar-refractivity contribution in [3.63, 3.8) is 0 Å². The van der Waals surface area contributed by atoms with E-state index in [1.54, 1.807) is 18.2 Å². The molecule has 55 valence electrons. The number of allylic oxidation sites excluding steroid dienone is 2. The van der Waals surface area contributed by atoms with Gasteiger partial charge in [-0.2, -0.15) is 0 Å². The van der Waals surface area contributed by atoms with Crippen LogP contribution < -0.4 is 5.73 Å². The van der Waals surface area contributed by atoms with Crippen molar-refractivity contribution in [1.82, 2.24) is 5.73 Å². The Morgan fingerprint density at radius 1 is 1.80 bits per heavy atom. The summed E-state index contributed by atoms with van der Waals surface area (Å²) in [6, 6.07) is 0. The maximum atomic E-state index is 8.74. The number of hydrogen-bond donors (Lipinski definition) is 1. The standard InChI is InChI=1S/C7H9ClNO/c8-6-2-1-3-7(9,4-6)5-10/h1-3,9-10H,4-5H2/t7-/m0/s1. The van der Waals surface area contributed by atoms with Gasteiger partial charge < -0.3 is 5.11 Å². The van der Waals surface area contributed by atoms with Gasteiger partial charge in [-0.15, -0.1) is 0 Å². The van der Waals surface area contributed by atoms with Crippen LogP contribution in [0.25, 0.3) is 0 Å². The molecule has 1 atom stereocenters. The fourth-order valence-corrected chi connectivity index (χ4v) is 1.18. The lowest BCUT2D eigenvalue weighted by Crippen LogP contribution is -2.33. The third-order valence-corrected chi connectivity index (χ3v) is 1.72. The SMILES string of the molecule is [NH][C@@]1(CO)C=CC=C(Cl)C1. The van der Waals surface area contributed by atoms with Crippen molar-refractivity contribution in [2.24, 2.45) is 0 Å². The van der Waals surface area contributed by atoms with Gasteiger partial charge in [0.2, 0.25) is 0 Å². The largest absolute Gasteiger partial charge is 0.394 e. The van der Waals surface area contributed by atoms with Gasteiger partial charge in [0.15, 0.2) is 0 Å². The first-order valence-corrected chi connectivity index (χ1v) is 3.44. The highest BCUT2D eigenvalue weighted by atomic mass is 35.5. The normalized spacial score (nSPS) is 32.1. The summed E-state index contributed by atoms with van der Waals surface area (Å²) in [5.74, 6) is 0. The zero-order chi connectivity index (χ0) is 7.61. The molecule has 0 spiro atoms. The van der Waals surface area contributed by atoms with Crippen LogP contribution in [0.2, 0.25) is 0 Å². The third-order valence-electron chi connectivity index (χ3n) is 1.46. The molecule has 0 heterocycles.